The van der Waals surface area contributed by atoms with Gasteiger partial charge in [0.2, 0.25) is 5.75 Å². The van der Waals surface area contributed by atoms with Crippen LogP contribution in [0.3, 0.4) is 0 Å². The number of pyridine rings is 1. The number of hydrogen-bond acceptors (Lipinski definition) is 8. The molecule has 39 heavy (non-hydrogen) atoms. The number of nitrogens with zero attached hydrogens (tertiary/aromatic N) is 3. The molecule has 4 aromatic rings. The van der Waals surface area contributed by atoms with Gasteiger partial charge < -0.3 is 20.0 Å². The zero-order chi connectivity index (χ0) is 27.8. The number of carbonyl (C=O) groups is 1. The number of nitrogens with two attached hydrogens (primary N) is 1. The molecule has 0 bridgehead atoms. The Morgan fingerprint density at radius 1 is 0.974 bits per heavy atom. The molecule has 4 rings (SSSR count). The van der Waals surface area contributed by atoms with E-state index in [4.69, 9.17) is 20.0 Å². The van der Waals surface area contributed by atoms with Crippen molar-refractivity contribution in [2.75, 3.05) is 0 Å². The highest BCUT2D eigenvalue weighted by atomic mass is 79.9. The van der Waals surface area contributed by atoms with Crippen molar-refractivity contribution in [1.82, 2.24) is 4.98 Å². The molecule has 0 aliphatic carbocycles. The maximum absolute atomic E-state index is 12.9. The Morgan fingerprint density at radius 3 is 2.18 bits per heavy atom. The molecule has 10 nitrogen and oxygen atoms in total. The fraction of sp³-hybridized carbons (Fsp3) is 0.107. The monoisotopic (exact) mass is 590 g/mol. The van der Waals surface area contributed by atoms with E-state index >= 15 is 0 Å². The molecule has 11 heteroatoms. The lowest BCUT2D eigenvalue weighted by Gasteiger charge is -2.14. The molecule has 3 aromatic carbocycles. The van der Waals surface area contributed by atoms with E-state index in [9.17, 15) is 14.9 Å². The number of nitro groups is 1. The van der Waals surface area contributed by atoms with Gasteiger partial charge >= 0.3 is 11.7 Å². The topological polar surface area (TPSA) is 139 Å². The van der Waals surface area contributed by atoms with Crippen LogP contribution in [-0.2, 0) is 18.1 Å². The Balaban J connectivity index is 1.64. The largest absolute Gasteiger partial charge is 0.485 e. The Labute approximate surface area is 232 Å². The van der Waals surface area contributed by atoms with Gasteiger partial charge in [0.25, 0.3) is 0 Å². The van der Waals surface area contributed by atoms with Gasteiger partial charge in [0.05, 0.1) is 16.1 Å². The Morgan fingerprint density at radius 2 is 1.59 bits per heavy atom. The SMILES string of the molecule is Cc1ccc(/C(N)=N/OC(=O)c2cc(OCc3ccccc3)c(OCc3ccccc3)c([N+](=O)[O-])c2)c(Br)n1. The van der Waals surface area contributed by atoms with E-state index in [0.717, 1.165) is 22.9 Å². The highest BCUT2D eigenvalue weighted by molar-refractivity contribution is 9.10. The molecule has 1 heterocycles. The van der Waals surface area contributed by atoms with E-state index in [2.05, 4.69) is 26.1 Å². The number of benzene rings is 3. The molecular formula is C28H23BrN4O6. The molecule has 198 valence electrons. The predicted octanol–water partition coefficient (Wildman–Crippen LogP) is 5.70. The summed E-state index contributed by atoms with van der Waals surface area (Å²) in [7, 11) is 0. The molecule has 0 unspecified atom stereocenters. The second-order valence-electron chi connectivity index (χ2n) is 8.27. The lowest BCUT2D eigenvalue weighted by Crippen LogP contribution is -2.16. The van der Waals surface area contributed by atoms with E-state index in [1.165, 1.54) is 6.07 Å². The first-order valence-electron chi connectivity index (χ1n) is 11.7. The molecule has 0 atom stereocenters. The minimum atomic E-state index is -0.976. The van der Waals surface area contributed by atoms with Gasteiger partial charge in [-0.25, -0.2) is 9.78 Å². The molecule has 0 amide bonds. The van der Waals surface area contributed by atoms with E-state index in [-0.39, 0.29) is 36.1 Å². The van der Waals surface area contributed by atoms with Crippen LogP contribution < -0.4 is 15.2 Å². The molecule has 0 fully saturated rings. The average Bonchev–Trinajstić information content (AvgIpc) is 2.94. The smallest absolute Gasteiger partial charge is 0.366 e. The van der Waals surface area contributed by atoms with Crippen LogP contribution in [0.5, 0.6) is 11.5 Å². The summed E-state index contributed by atoms with van der Waals surface area (Å²) in [6.07, 6.45) is 0. The van der Waals surface area contributed by atoms with Crippen LogP contribution in [0, 0.1) is 17.0 Å². The Hall–Kier alpha value is -4.77. The van der Waals surface area contributed by atoms with Crippen molar-refractivity contribution in [3.05, 3.63) is 128 Å². The van der Waals surface area contributed by atoms with Gasteiger partial charge in [-0.3, -0.25) is 10.1 Å². The summed E-state index contributed by atoms with van der Waals surface area (Å²) >= 11 is 3.29. The summed E-state index contributed by atoms with van der Waals surface area (Å²) in [4.78, 5) is 33.5. The van der Waals surface area contributed by atoms with Crippen molar-refractivity contribution in [1.29, 1.82) is 0 Å². The van der Waals surface area contributed by atoms with Gasteiger partial charge in [-0.15, -0.1) is 0 Å². The van der Waals surface area contributed by atoms with Gasteiger partial charge in [-0.2, -0.15) is 0 Å². The first-order chi connectivity index (χ1) is 18.8. The number of carbonyl (C=O) groups excluding carboxylic acids is 1. The van der Waals surface area contributed by atoms with Gasteiger partial charge in [-0.05, 0) is 52.2 Å². The number of halogens is 1. The molecule has 0 spiro atoms. The summed E-state index contributed by atoms with van der Waals surface area (Å²) < 4.78 is 12.2. The fourth-order valence-corrected chi connectivity index (χ4v) is 4.08. The second-order valence-corrected chi connectivity index (χ2v) is 9.03. The number of amidine groups is 1. The minimum absolute atomic E-state index is 0.00151. The van der Waals surface area contributed by atoms with Crippen molar-refractivity contribution in [2.45, 2.75) is 20.1 Å². The molecule has 0 radical (unpaired) electrons. The van der Waals surface area contributed by atoms with Crippen molar-refractivity contribution in [3.63, 3.8) is 0 Å². The van der Waals surface area contributed by atoms with Gasteiger partial charge in [0, 0.05) is 11.8 Å². The summed E-state index contributed by atoms with van der Waals surface area (Å²) in [5.74, 6) is -1.20. The fourth-order valence-electron chi connectivity index (χ4n) is 3.47. The average molecular weight is 591 g/mol. The van der Waals surface area contributed by atoms with Crippen LogP contribution in [0.4, 0.5) is 5.69 Å². The Bertz CT molecular complexity index is 1510. The highest BCUT2D eigenvalue weighted by Gasteiger charge is 2.26. The molecule has 1 aromatic heterocycles. The summed E-state index contributed by atoms with van der Waals surface area (Å²) in [6.45, 7) is 1.94. The first kappa shape index (κ1) is 27.3. The molecular weight excluding hydrogens is 568 g/mol. The third-order valence-electron chi connectivity index (χ3n) is 5.42. The number of rotatable bonds is 10. The van der Waals surface area contributed by atoms with Crippen LogP contribution in [-0.4, -0.2) is 21.7 Å². The van der Waals surface area contributed by atoms with Crippen LogP contribution in [0.25, 0.3) is 0 Å². The molecule has 0 aliphatic rings. The maximum Gasteiger partial charge on any atom is 0.366 e. The van der Waals surface area contributed by atoms with Crippen LogP contribution in [0.2, 0.25) is 0 Å². The van der Waals surface area contributed by atoms with Crippen LogP contribution in [0.15, 0.2) is 94.7 Å². The van der Waals surface area contributed by atoms with Crippen molar-refractivity contribution in [2.24, 2.45) is 10.9 Å². The summed E-state index contributed by atoms with van der Waals surface area (Å²) in [5.41, 5.74) is 8.10. The third-order valence-corrected chi connectivity index (χ3v) is 6.03. The number of nitro benzene ring substituents is 1. The van der Waals surface area contributed by atoms with Crippen LogP contribution >= 0.6 is 15.9 Å². The molecule has 2 N–H and O–H groups in total. The normalized spacial score (nSPS) is 11.1. The molecule has 0 saturated carbocycles. The lowest BCUT2D eigenvalue weighted by molar-refractivity contribution is -0.386. The molecule has 0 saturated heterocycles. The van der Waals surface area contributed by atoms with Crippen molar-refractivity contribution < 1.29 is 24.0 Å². The zero-order valence-corrected chi connectivity index (χ0v) is 22.3. The lowest BCUT2D eigenvalue weighted by atomic mass is 10.1. The minimum Gasteiger partial charge on any atom is -0.485 e. The number of aromatic nitrogens is 1. The van der Waals surface area contributed by atoms with Crippen LogP contribution in [0.1, 0.15) is 32.7 Å². The maximum atomic E-state index is 12.9. The third kappa shape index (κ3) is 7.17. The van der Waals surface area contributed by atoms with Crippen molar-refractivity contribution in [3.8, 4) is 11.5 Å². The standard InChI is InChI=1S/C28H23BrN4O6/c1-18-12-13-22(26(29)31-18)27(30)32-39-28(34)21-14-23(33(35)36)25(38-17-20-10-6-3-7-11-20)24(15-21)37-16-19-8-4-2-5-9-19/h2-15H,16-17H2,1H3,(H2,30,32). The quantitative estimate of drug-likeness (QED) is 0.0619. The van der Waals surface area contributed by atoms with Crippen molar-refractivity contribution >= 4 is 33.4 Å². The second kappa shape index (κ2) is 12.7. The van der Waals surface area contributed by atoms with E-state index in [1.807, 2.05) is 60.7 Å². The molecule has 0 aliphatic heterocycles. The predicted molar refractivity (Wildman–Crippen MR) is 147 cm³/mol. The summed E-state index contributed by atoms with van der Waals surface area (Å²) in [6, 6.07) is 24.1. The number of aryl methyl sites for hydroxylation is 1. The summed E-state index contributed by atoms with van der Waals surface area (Å²) in [5, 5.41) is 15.7. The van der Waals surface area contributed by atoms with E-state index in [0.29, 0.717) is 10.2 Å². The highest BCUT2D eigenvalue weighted by Crippen LogP contribution is 2.39. The van der Waals surface area contributed by atoms with Gasteiger partial charge in [-0.1, -0.05) is 65.8 Å². The number of hydrogen-bond donors (Lipinski definition) is 1. The van der Waals surface area contributed by atoms with E-state index < -0.39 is 16.6 Å². The first-order valence-corrected chi connectivity index (χ1v) is 12.5. The van der Waals surface area contributed by atoms with E-state index in [1.54, 1.807) is 19.1 Å². The number of oxime groups is 1. The van der Waals surface area contributed by atoms with Gasteiger partial charge in [0.15, 0.2) is 11.6 Å². The van der Waals surface area contributed by atoms with Gasteiger partial charge in [0.1, 0.15) is 17.8 Å². The zero-order valence-electron chi connectivity index (χ0n) is 20.7. The Kier molecular flexibility index (Phi) is 8.85. The number of ether oxygens (including phenoxy) is 2.